The van der Waals surface area contributed by atoms with E-state index in [1.54, 1.807) is 39.0 Å². The zero-order chi connectivity index (χ0) is 15.0. The fourth-order valence-corrected chi connectivity index (χ4v) is 1.87. The number of halogens is 1. The highest BCUT2D eigenvalue weighted by Crippen LogP contribution is 2.35. The number of anilines is 1. The van der Waals surface area contributed by atoms with Gasteiger partial charge in [-0.25, -0.2) is 9.18 Å². The van der Waals surface area contributed by atoms with Crippen molar-refractivity contribution in [3.8, 4) is 0 Å². The average Bonchev–Trinajstić information content (AvgIpc) is 3.03. The van der Waals surface area contributed by atoms with Gasteiger partial charge in [-0.1, -0.05) is 12.1 Å². The molecular formula is C15H21FN2O2. The van der Waals surface area contributed by atoms with Gasteiger partial charge in [-0.05, 0) is 45.7 Å². The van der Waals surface area contributed by atoms with Gasteiger partial charge in [0, 0.05) is 12.1 Å². The minimum atomic E-state index is -0.633. The molecule has 5 heteroatoms. The summed E-state index contributed by atoms with van der Waals surface area (Å²) in [4.78, 5) is 13.6. The number of nitrogens with zero attached hydrogens (tertiary/aromatic N) is 1. The van der Waals surface area contributed by atoms with E-state index in [1.165, 1.54) is 11.0 Å². The summed E-state index contributed by atoms with van der Waals surface area (Å²) in [5.41, 5.74) is 5.22. The monoisotopic (exact) mass is 280 g/mol. The highest BCUT2D eigenvalue weighted by atomic mass is 19.1. The molecule has 2 rings (SSSR count). The molecule has 0 atom stereocenters. The first-order valence-corrected chi connectivity index (χ1v) is 6.74. The van der Waals surface area contributed by atoms with Gasteiger partial charge in [-0.2, -0.15) is 0 Å². The van der Waals surface area contributed by atoms with E-state index in [2.05, 4.69) is 0 Å². The first kappa shape index (κ1) is 14.8. The zero-order valence-corrected chi connectivity index (χ0v) is 12.1. The molecule has 0 aromatic heterocycles. The van der Waals surface area contributed by atoms with Gasteiger partial charge in [0.1, 0.15) is 11.4 Å². The summed E-state index contributed by atoms with van der Waals surface area (Å²) in [6, 6.07) is 6.15. The van der Waals surface area contributed by atoms with Crippen molar-refractivity contribution in [3.63, 3.8) is 0 Å². The van der Waals surface area contributed by atoms with Crippen LogP contribution in [0.4, 0.5) is 14.9 Å². The maximum absolute atomic E-state index is 13.9. The van der Waals surface area contributed by atoms with Crippen molar-refractivity contribution in [2.24, 2.45) is 5.73 Å². The number of para-hydroxylation sites is 1. The molecule has 20 heavy (non-hydrogen) atoms. The number of amides is 1. The molecule has 1 fully saturated rings. The van der Waals surface area contributed by atoms with Gasteiger partial charge in [-0.15, -0.1) is 0 Å². The average molecular weight is 280 g/mol. The smallest absolute Gasteiger partial charge is 0.414 e. The van der Waals surface area contributed by atoms with Gasteiger partial charge in [-0.3, -0.25) is 4.90 Å². The Hall–Kier alpha value is -1.62. The number of carbonyl (C=O) groups excluding carboxylic acids is 1. The van der Waals surface area contributed by atoms with Crippen LogP contribution in [0.15, 0.2) is 24.3 Å². The van der Waals surface area contributed by atoms with Crippen molar-refractivity contribution in [1.82, 2.24) is 0 Å². The molecule has 0 bridgehead atoms. The summed E-state index contributed by atoms with van der Waals surface area (Å²) in [5, 5.41) is 0. The molecule has 4 nitrogen and oxygen atoms in total. The van der Waals surface area contributed by atoms with Gasteiger partial charge >= 0.3 is 6.09 Å². The number of ether oxygens (including phenoxy) is 1. The third-order valence-corrected chi connectivity index (χ3v) is 3.12. The first-order chi connectivity index (χ1) is 9.20. The molecule has 0 unspecified atom stereocenters. The van der Waals surface area contributed by atoms with Crippen LogP contribution in [0.25, 0.3) is 0 Å². The molecule has 2 N–H and O–H groups in total. The molecular weight excluding hydrogens is 259 g/mol. The van der Waals surface area contributed by atoms with Gasteiger partial charge in [0.15, 0.2) is 0 Å². The van der Waals surface area contributed by atoms with Crippen LogP contribution in [0.3, 0.4) is 0 Å². The molecule has 1 saturated carbocycles. The lowest BCUT2D eigenvalue weighted by atomic mass is 10.2. The third kappa shape index (κ3) is 3.70. The Kier molecular flexibility index (Phi) is 3.73. The molecule has 1 amide bonds. The fraction of sp³-hybridized carbons (Fsp3) is 0.533. The molecule has 1 aliphatic rings. The van der Waals surface area contributed by atoms with Crippen LogP contribution in [0, 0.1) is 5.82 Å². The van der Waals surface area contributed by atoms with E-state index >= 15 is 0 Å². The maximum atomic E-state index is 13.9. The zero-order valence-electron chi connectivity index (χ0n) is 12.1. The van der Waals surface area contributed by atoms with E-state index in [4.69, 9.17) is 10.5 Å². The first-order valence-electron chi connectivity index (χ1n) is 6.74. The Labute approximate surface area is 118 Å². The van der Waals surface area contributed by atoms with E-state index < -0.39 is 23.1 Å². The third-order valence-electron chi connectivity index (χ3n) is 3.12. The Bertz CT molecular complexity index is 507. The Morgan fingerprint density at radius 1 is 1.40 bits per heavy atom. The second kappa shape index (κ2) is 5.05. The van der Waals surface area contributed by atoms with Crippen molar-refractivity contribution >= 4 is 11.8 Å². The maximum Gasteiger partial charge on any atom is 0.414 e. The molecule has 0 radical (unpaired) electrons. The number of rotatable bonds is 3. The number of benzene rings is 1. The van der Waals surface area contributed by atoms with E-state index in [0.717, 1.165) is 12.8 Å². The van der Waals surface area contributed by atoms with E-state index in [1.807, 2.05) is 0 Å². The quantitative estimate of drug-likeness (QED) is 0.925. The van der Waals surface area contributed by atoms with Crippen LogP contribution in [0.2, 0.25) is 0 Å². The normalized spacial score (nSPS) is 16.6. The van der Waals surface area contributed by atoms with Gasteiger partial charge in [0.25, 0.3) is 0 Å². The summed E-state index contributed by atoms with van der Waals surface area (Å²) in [5.74, 6) is -0.456. The number of hydrogen-bond acceptors (Lipinski definition) is 3. The predicted molar refractivity (Wildman–Crippen MR) is 76.1 cm³/mol. The second-order valence-corrected chi connectivity index (χ2v) is 6.38. The van der Waals surface area contributed by atoms with Crippen LogP contribution in [-0.2, 0) is 4.74 Å². The predicted octanol–water partition coefficient (Wildman–Crippen LogP) is 3.06. The molecule has 0 heterocycles. The standard InChI is InChI=1S/C15H21FN2O2/c1-14(2,3)20-13(19)18(10-15(17)8-9-15)12-7-5-4-6-11(12)16/h4-7H,8-10,17H2,1-3H3. The SMILES string of the molecule is CC(C)(C)OC(=O)N(CC1(N)CC1)c1ccccc1F. The highest BCUT2D eigenvalue weighted by molar-refractivity contribution is 5.88. The van der Waals surface area contributed by atoms with E-state index in [0.29, 0.717) is 0 Å². The molecule has 0 aliphatic heterocycles. The van der Waals surface area contributed by atoms with Crippen molar-refractivity contribution in [1.29, 1.82) is 0 Å². The van der Waals surface area contributed by atoms with Crippen LogP contribution >= 0.6 is 0 Å². The molecule has 1 aromatic rings. The minimum absolute atomic E-state index is 0.207. The topological polar surface area (TPSA) is 55.6 Å². The number of carbonyl (C=O) groups is 1. The van der Waals surface area contributed by atoms with Gasteiger partial charge in [0.05, 0.1) is 5.69 Å². The lowest BCUT2D eigenvalue weighted by molar-refractivity contribution is 0.0575. The summed E-state index contributed by atoms with van der Waals surface area (Å²) < 4.78 is 19.3. The summed E-state index contributed by atoms with van der Waals surface area (Å²) in [6.45, 7) is 5.60. The molecule has 1 aliphatic carbocycles. The van der Waals surface area contributed by atoms with Crippen LogP contribution in [0.5, 0.6) is 0 Å². The molecule has 1 aromatic carbocycles. The molecule has 0 saturated heterocycles. The summed E-state index contributed by atoms with van der Waals surface area (Å²) in [6.07, 6.45) is 1.10. The van der Waals surface area contributed by atoms with Crippen LogP contribution in [0.1, 0.15) is 33.6 Å². The Morgan fingerprint density at radius 2 is 2.00 bits per heavy atom. The number of hydrogen-bond donors (Lipinski definition) is 1. The van der Waals surface area contributed by atoms with Crippen molar-refractivity contribution in [2.45, 2.75) is 44.8 Å². The number of nitrogens with two attached hydrogens (primary N) is 1. The molecule has 110 valence electrons. The fourth-order valence-electron chi connectivity index (χ4n) is 1.87. The van der Waals surface area contributed by atoms with E-state index in [-0.39, 0.29) is 12.2 Å². The van der Waals surface area contributed by atoms with E-state index in [9.17, 15) is 9.18 Å². The second-order valence-electron chi connectivity index (χ2n) is 6.38. The Balaban J connectivity index is 2.25. The summed E-state index contributed by atoms with van der Waals surface area (Å²) in [7, 11) is 0. The van der Waals surface area contributed by atoms with Crippen molar-refractivity contribution in [3.05, 3.63) is 30.1 Å². The largest absolute Gasteiger partial charge is 0.443 e. The van der Waals surface area contributed by atoms with Gasteiger partial charge < -0.3 is 10.5 Å². The van der Waals surface area contributed by atoms with Crippen molar-refractivity contribution < 1.29 is 13.9 Å². The lowest BCUT2D eigenvalue weighted by Crippen LogP contribution is -2.45. The van der Waals surface area contributed by atoms with Gasteiger partial charge in [0.2, 0.25) is 0 Å². The summed E-state index contributed by atoms with van der Waals surface area (Å²) >= 11 is 0. The molecule has 0 spiro atoms. The van der Waals surface area contributed by atoms with Crippen molar-refractivity contribution in [2.75, 3.05) is 11.4 Å². The Morgan fingerprint density at radius 3 is 2.50 bits per heavy atom. The lowest BCUT2D eigenvalue weighted by Gasteiger charge is -2.29. The van der Waals surface area contributed by atoms with Crippen LogP contribution in [-0.4, -0.2) is 23.8 Å². The van der Waals surface area contributed by atoms with Crippen LogP contribution < -0.4 is 10.6 Å². The minimum Gasteiger partial charge on any atom is -0.443 e. The highest BCUT2D eigenvalue weighted by Gasteiger charge is 2.42.